The highest BCUT2D eigenvalue weighted by atomic mass is 32.1. The number of aromatic hydroxyl groups is 2. The minimum absolute atomic E-state index is 0.00537. The van der Waals surface area contributed by atoms with Crippen LogP contribution in [0.25, 0.3) is 6.08 Å². The number of hydrogen-bond acceptors (Lipinski definition) is 5. The van der Waals surface area contributed by atoms with Gasteiger partial charge in [-0.3, -0.25) is 0 Å². The summed E-state index contributed by atoms with van der Waals surface area (Å²) in [5.74, 6) is 0.468. The van der Waals surface area contributed by atoms with Gasteiger partial charge in [0.15, 0.2) is 0 Å². The number of hydrogen-bond donors (Lipinski definition) is 3. The van der Waals surface area contributed by atoms with Crippen LogP contribution in [-0.4, -0.2) is 34.3 Å². The van der Waals surface area contributed by atoms with Crippen LogP contribution < -0.4 is 0 Å². The van der Waals surface area contributed by atoms with E-state index in [0.717, 1.165) is 5.47 Å². The van der Waals surface area contributed by atoms with Gasteiger partial charge in [-0.05, 0) is 45.3 Å². The lowest BCUT2D eigenvalue weighted by molar-refractivity contribution is 0.00578. The Morgan fingerprint density at radius 3 is 2.24 bits per heavy atom. The predicted molar refractivity (Wildman–Crippen MR) is 87.7 cm³/mol. The molecule has 1 aromatic carbocycles. The Labute approximate surface area is 131 Å². The molecule has 0 unspecified atom stereocenters. The van der Waals surface area contributed by atoms with E-state index < -0.39 is 18.3 Å². The zero-order chi connectivity index (χ0) is 15.8. The third kappa shape index (κ3) is 3.22. The largest absolute Gasteiger partial charge is 0.508 e. The Hall–Kier alpha value is -1.11. The van der Waals surface area contributed by atoms with Crippen molar-refractivity contribution in [3.8, 4) is 11.5 Å². The lowest BCUT2D eigenvalue weighted by Crippen LogP contribution is -2.41. The van der Waals surface area contributed by atoms with E-state index in [1.165, 1.54) is 12.1 Å². The highest BCUT2D eigenvalue weighted by molar-refractivity contribution is 7.80. The molecule has 1 aromatic rings. The van der Waals surface area contributed by atoms with E-state index in [1.807, 2.05) is 27.7 Å². The van der Waals surface area contributed by atoms with Crippen molar-refractivity contribution in [1.29, 1.82) is 0 Å². The van der Waals surface area contributed by atoms with Crippen LogP contribution in [0.5, 0.6) is 11.5 Å². The van der Waals surface area contributed by atoms with Crippen molar-refractivity contribution in [1.82, 2.24) is 0 Å². The highest BCUT2D eigenvalue weighted by Gasteiger charge is 2.52. The standard InChI is InChI=1S/C15H21BO4S/c1-14(2)15(3,4)20-16(19-14)11(9-21)7-10-5-6-12(17)8-13(10)18/h5-8,17-18,21H,9H2,1-4H3. The Kier molecular flexibility index (Phi) is 4.33. The highest BCUT2D eigenvalue weighted by Crippen LogP contribution is 2.39. The third-order valence-corrected chi connectivity index (χ3v) is 4.46. The molecule has 2 rings (SSSR count). The maximum Gasteiger partial charge on any atom is 0.491 e. The van der Waals surface area contributed by atoms with Crippen LogP contribution in [0.4, 0.5) is 0 Å². The molecular weight excluding hydrogens is 287 g/mol. The minimum Gasteiger partial charge on any atom is -0.508 e. The van der Waals surface area contributed by atoms with Crippen LogP contribution in [0.15, 0.2) is 23.7 Å². The Morgan fingerprint density at radius 1 is 1.19 bits per heavy atom. The molecule has 0 radical (unpaired) electrons. The van der Waals surface area contributed by atoms with Crippen LogP contribution in [0.3, 0.4) is 0 Å². The van der Waals surface area contributed by atoms with Gasteiger partial charge in [-0.2, -0.15) is 12.6 Å². The monoisotopic (exact) mass is 308 g/mol. The average molecular weight is 308 g/mol. The number of phenolic OH excluding ortho intramolecular Hbond substituents is 2. The summed E-state index contributed by atoms with van der Waals surface area (Å²) < 4.78 is 12.0. The van der Waals surface area contributed by atoms with Gasteiger partial charge in [0.25, 0.3) is 0 Å². The molecule has 0 amide bonds. The number of thiol groups is 1. The SMILES string of the molecule is CC1(C)OB(C(=Cc2ccc(O)cc2O)CS)OC1(C)C. The lowest BCUT2D eigenvalue weighted by atomic mass is 9.78. The smallest absolute Gasteiger partial charge is 0.491 e. The van der Waals surface area contributed by atoms with Gasteiger partial charge in [0.2, 0.25) is 0 Å². The van der Waals surface area contributed by atoms with E-state index in [0.29, 0.717) is 11.3 Å². The quantitative estimate of drug-likeness (QED) is 0.593. The summed E-state index contributed by atoms with van der Waals surface area (Å²) in [6.07, 6.45) is 1.78. The first-order chi connectivity index (χ1) is 9.66. The van der Waals surface area contributed by atoms with Gasteiger partial charge in [0, 0.05) is 17.4 Å². The second-order valence-corrected chi connectivity index (χ2v) is 6.52. The topological polar surface area (TPSA) is 58.9 Å². The van der Waals surface area contributed by atoms with Crippen LogP contribution in [-0.2, 0) is 9.31 Å². The molecule has 1 aliphatic heterocycles. The summed E-state index contributed by atoms with van der Waals surface area (Å²) in [5.41, 5.74) is 0.567. The van der Waals surface area contributed by atoms with E-state index in [9.17, 15) is 10.2 Å². The second kappa shape index (κ2) is 5.59. The molecule has 1 heterocycles. The molecular formula is C15H21BO4S. The van der Waals surface area contributed by atoms with Crippen molar-refractivity contribution in [3.05, 3.63) is 29.2 Å². The molecule has 0 saturated carbocycles. The first-order valence-corrected chi connectivity index (χ1v) is 7.48. The molecule has 0 spiro atoms. The first kappa shape index (κ1) is 16.3. The van der Waals surface area contributed by atoms with Crippen molar-refractivity contribution in [2.45, 2.75) is 38.9 Å². The van der Waals surface area contributed by atoms with Crippen molar-refractivity contribution >= 4 is 25.8 Å². The fourth-order valence-electron chi connectivity index (χ4n) is 2.04. The lowest BCUT2D eigenvalue weighted by Gasteiger charge is -2.32. The third-order valence-electron chi connectivity index (χ3n) is 4.09. The molecule has 0 bridgehead atoms. The molecule has 0 atom stereocenters. The Bertz CT molecular complexity index is 553. The number of rotatable bonds is 3. The van der Waals surface area contributed by atoms with E-state index in [-0.39, 0.29) is 11.5 Å². The fourth-order valence-corrected chi connectivity index (χ4v) is 2.28. The number of benzene rings is 1. The maximum absolute atomic E-state index is 9.87. The van der Waals surface area contributed by atoms with Gasteiger partial charge in [-0.15, -0.1) is 0 Å². The summed E-state index contributed by atoms with van der Waals surface area (Å²) >= 11 is 4.33. The normalized spacial score (nSPS) is 20.8. The molecule has 0 aromatic heterocycles. The minimum atomic E-state index is -0.499. The fraction of sp³-hybridized carbons (Fsp3) is 0.467. The molecule has 6 heteroatoms. The number of phenols is 2. The van der Waals surface area contributed by atoms with E-state index in [1.54, 1.807) is 12.1 Å². The van der Waals surface area contributed by atoms with Crippen LogP contribution in [0, 0.1) is 0 Å². The van der Waals surface area contributed by atoms with Gasteiger partial charge in [-0.1, -0.05) is 6.08 Å². The van der Waals surface area contributed by atoms with Gasteiger partial charge >= 0.3 is 7.12 Å². The zero-order valence-electron chi connectivity index (χ0n) is 12.8. The zero-order valence-corrected chi connectivity index (χ0v) is 13.6. The molecule has 114 valence electrons. The molecule has 1 saturated heterocycles. The van der Waals surface area contributed by atoms with Crippen LogP contribution in [0.1, 0.15) is 33.3 Å². The van der Waals surface area contributed by atoms with Gasteiger partial charge in [0.1, 0.15) is 11.5 Å². The molecule has 1 aliphatic rings. The van der Waals surface area contributed by atoms with Crippen molar-refractivity contribution < 1.29 is 19.5 Å². The van der Waals surface area contributed by atoms with Crippen molar-refractivity contribution in [2.24, 2.45) is 0 Å². The van der Waals surface area contributed by atoms with E-state index in [2.05, 4.69) is 12.6 Å². The second-order valence-electron chi connectivity index (χ2n) is 6.21. The summed E-state index contributed by atoms with van der Waals surface area (Å²) in [7, 11) is -0.499. The summed E-state index contributed by atoms with van der Waals surface area (Å²) in [6, 6.07) is 4.46. The maximum atomic E-state index is 9.87. The summed E-state index contributed by atoms with van der Waals surface area (Å²) in [6.45, 7) is 7.95. The van der Waals surface area contributed by atoms with Gasteiger partial charge in [0.05, 0.1) is 11.2 Å². The van der Waals surface area contributed by atoms with E-state index >= 15 is 0 Å². The van der Waals surface area contributed by atoms with Crippen LogP contribution >= 0.6 is 12.6 Å². The predicted octanol–water partition coefficient (Wildman–Crippen LogP) is 3.04. The molecule has 21 heavy (non-hydrogen) atoms. The van der Waals surface area contributed by atoms with E-state index in [4.69, 9.17) is 9.31 Å². The Morgan fingerprint density at radius 2 is 1.76 bits per heavy atom. The van der Waals surface area contributed by atoms with Gasteiger partial charge in [-0.25, -0.2) is 0 Å². The first-order valence-electron chi connectivity index (χ1n) is 6.85. The summed E-state index contributed by atoms with van der Waals surface area (Å²) in [4.78, 5) is 0. The molecule has 2 N–H and O–H groups in total. The Balaban J connectivity index is 2.31. The summed E-state index contributed by atoms with van der Waals surface area (Å²) in [5, 5.41) is 19.2. The van der Waals surface area contributed by atoms with Crippen molar-refractivity contribution in [2.75, 3.05) is 5.75 Å². The average Bonchev–Trinajstić information content (AvgIpc) is 2.57. The molecule has 1 fully saturated rings. The van der Waals surface area contributed by atoms with Gasteiger partial charge < -0.3 is 19.5 Å². The van der Waals surface area contributed by atoms with Crippen LogP contribution in [0.2, 0.25) is 0 Å². The van der Waals surface area contributed by atoms with Crippen molar-refractivity contribution in [3.63, 3.8) is 0 Å². The molecule has 0 aliphatic carbocycles. The molecule has 4 nitrogen and oxygen atoms in total.